The van der Waals surface area contributed by atoms with E-state index in [2.05, 4.69) is 24.5 Å². The molecule has 0 aliphatic heterocycles. The van der Waals surface area contributed by atoms with E-state index in [0.717, 1.165) is 56.3 Å². The van der Waals surface area contributed by atoms with Crippen LogP contribution in [-0.4, -0.2) is 28.0 Å². The monoisotopic (exact) mass is 386 g/mol. The highest BCUT2D eigenvalue weighted by Gasteiger charge is 2.12. The van der Waals surface area contributed by atoms with Gasteiger partial charge in [0, 0.05) is 18.4 Å². The van der Waals surface area contributed by atoms with Crippen molar-refractivity contribution in [2.45, 2.75) is 71.2 Å². The van der Waals surface area contributed by atoms with Gasteiger partial charge in [-0.25, -0.2) is 4.79 Å². The molecule has 1 aromatic carbocycles. The summed E-state index contributed by atoms with van der Waals surface area (Å²) in [7, 11) is 0. The summed E-state index contributed by atoms with van der Waals surface area (Å²) < 4.78 is 1.68. The molecule has 154 valence electrons. The number of nitrogens with two attached hydrogens (primary N) is 1. The van der Waals surface area contributed by atoms with Crippen molar-refractivity contribution in [1.29, 1.82) is 0 Å². The van der Waals surface area contributed by atoms with Gasteiger partial charge in [0.25, 0.3) is 0 Å². The number of unbranched alkanes of at least 4 members (excludes halogenated alkanes) is 2. The third kappa shape index (κ3) is 6.78. The normalized spacial score (nSPS) is 13.4. The highest BCUT2D eigenvalue weighted by atomic mass is 16.4. The molecule has 1 aromatic heterocycles. The molecule has 0 aliphatic rings. The van der Waals surface area contributed by atoms with Crippen LogP contribution in [0.5, 0.6) is 0 Å². The Morgan fingerprint density at radius 1 is 1.11 bits per heavy atom. The first-order chi connectivity index (χ1) is 13.5. The molecule has 0 amide bonds. The van der Waals surface area contributed by atoms with Crippen molar-refractivity contribution < 1.29 is 9.90 Å². The fourth-order valence-corrected chi connectivity index (χ4v) is 3.21. The van der Waals surface area contributed by atoms with E-state index in [0.29, 0.717) is 0 Å². The molecule has 28 heavy (non-hydrogen) atoms. The van der Waals surface area contributed by atoms with Gasteiger partial charge in [-0.1, -0.05) is 51.7 Å². The number of nitrogens with zero attached hydrogens (tertiary/aromatic N) is 1. The van der Waals surface area contributed by atoms with E-state index >= 15 is 0 Å². The number of carboxylic acids is 1. The number of nitrogens with one attached hydrogen (secondary N) is 2. The van der Waals surface area contributed by atoms with Crippen LogP contribution in [0.1, 0.15) is 68.4 Å². The van der Waals surface area contributed by atoms with Gasteiger partial charge in [0.05, 0.1) is 12.3 Å². The highest BCUT2D eigenvalue weighted by Crippen LogP contribution is 2.14. The van der Waals surface area contributed by atoms with Crippen LogP contribution in [0, 0.1) is 0 Å². The van der Waals surface area contributed by atoms with Crippen molar-refractivity contribution in [3.05, 3.63) is 53.9 Å². The summed E-state index contributed by atoms with van der Waals surface area (Å²) in [4.78, 5) is 11.3. The van der Waals surface area contributed by atoms with E-state index in [1.54, 1.807) is 22.9 Å². The largest absolute Gasteiger partial charge is 0.477 e. The van der Waals surface area contributed by atoms with Crippen LogP contribution in [0.2, 0.25) is 0 Å². The zero-order valence-electron chi connectivity index (χ0n) is 17.0. The van der Waals surface area contributed by atoms with Crippen molar-refractivity contribution in [2.24, 2.45) is 5.73 Å². The van der Waals surface area contributed by atoms with E-state index in [-0.39, 0.29) is 18.0 Å². The summed E-state index contributed by atoms with van der Waals surface area (Å²) in [5.41, 5.74) is 8.46. The molecule has 2 aromatic rings. The lowest BCUT2D eigenvalue weighted by Crippen LogP contribution is -2.50. The number of carbonyl (C=O) groups is 1. The van der Waals surface area contributed by atoms with Gasteiger partial charge in [0.15, 0.2) is 0 Å². The van der Waals surface area contributed by atoms with Crippen molar-refractivity contribution in [2.75, 3.05) is 0 Å². The van der Waals surface area contributed by atoms with Crippen LogP contribution in [0.15, 0.2) is 42.6 Å². The summed E-state index contributed by atoms with van der Waals surface area (Å²) in [6, 6.07) is 11.3. The molecule has 1 heterocycles. The lowest BCUT2D eigenvalue weighted by atomic mass is 10.1. The molecule has 0 radical (unpaired) electrons. The summed E-state index contributed by atoms with van der Waals surface area (Å²) in [5, 5.41) is 16.3. The average molecular weight is 387 g/mol. The number of rotatable bonds is 13. The van der Waals surface area contributed by atoms with Crippen LogP contribution in [-0.2, 0) is 6.54 Å². The van der Waals surface area contributed by atoms with Crippen LogP contribution < -0.4 is 16.4 Å². The first-order valence-electron chi connectivity index (χ1n) is 10.3. The molecule has 2 rings (SSSR count). The van der Waals surface area contributed by atoms with E-state index in [1.165, 1.54) is 0 Å². The van der Waals surface area contributed by atoms with Crippen LogP contribution in [0.4, 0.5) is 0 Å². The summed E-state index contributed by atoms with van der Waals surface area (Å²) in [5.74, 6) is -0.931. The number of hydrogen-bond acceptors (Lipinski definition) is 4. The molecule has 0 aliphatic carbocycles. The Labute approximate surface area is 168 Å². The summed E-state index contributed by atoms with van der Waals surface area (Å²) in [6.07, 6.45) is 8.58. The minimum atomic E-state index is -0.931. The number of aromatic carboxylic acids is 1. The van der Waals surface area contributed by atoms with Gasteiger partial charge < -0.3 is 15.4 Å². The second-order valence-corrected chi connectivity index (χ2v) is 7.23. The van der Waals surface area contributed by atoms with Crippen LogP contribution >= 0.6 is 0 Å². The molecule has 6 nitrogen and oxygen atoms in total. The third-order valence-electron chi connectivity index (χ3n) is 4.87. The van der Waals surface area contributed by atoms with Crippen molar-refractivity contribution in [1.82, 2.24) is 15.2 Å². The summed E-state index contributed by atoms with van der Waals surface area (Å²) in [6.45, 7) is 5.11. The van der Waals surface area contributed by atoms with E-state index < -0.39 is 5.97 Å². The lowest BCUT2D eigenvalue weighted by Gasteiger charge is -2.24. The predicted molar refractivity (Wildman–Crippen MR) is 114 cm³/mol. The molecule has 2 unspecified atom stereocenters. The molecule has 0 saturated carbocycles. The van der Waals surface area contributed by atoms with Gasteiger partial charge in [-0.3, -0.25) is 10.6 Å². The first-order valence-corrected chi connectivity index (χ1v) is 10.3. The van der Waals surface area contributed by atoms with Gasteiger partial charge in [0.2, 0.25) is 0 Å². The Kier molecular flexibility index (Phi) is 9.20. The molecular formula is C22H34N4O2. The maximum absolute atomic E-state index is 11.3. The maximum atomic E-state index is 11.3. The minimum absolute atomic E-state index is 0.0138. The molecule has 5 N–H and O–H groups in total. The van der Waals surface area contributed by atoms with E-state index in [1.807, 2.05) is 24.3 Å². The van der Waals surface area contributed by atoms with Crippen molar-refractivity contribution in [3.8, 4) is 5.69 Å². The molecule has 0 spiro atoms. The zero-order chi connectivity index (χ0) is 20.4. The second kappa shape index (κ2) is 11.6. The SMILES string of the molecule is CCCCC(N)NC(CCCC)NCc1ccc(-n2cccc2C(=O)O)cc1. The Morgan fingerprint density at radius 2 is 1.79 bits per heavy atom. The third-order valence-corrected chi connectivity index (χ3v) is 4.87. The molecule has 2 atom stereocenters. The zero-order valence-corrected chi connectivity index (χ0v) is 17.0. The van der Waals surface area contributed by atoms with E-state index in [4.69, 9.17) is 5.73 Å². The minimum Gasteiger partial charge on any atom is -0.477 e. The second-order valence-electron chi connectivity index (χ2n) is 7.23. The standard InChI is InChI=1S/C22H34N4O2/c1-3-5-9-20(23)25-21(10-6-4-2)24-16-17-11-13-18(14-12-17)26-15-7-8-19(26)22(27)28/h7-8,11-15,20-21,24-25H,3-6,9-10,16,23H2,1-2H3,(H,27,28). The molecule has 0 fully saturated rings. The Balaban J connectivity index is 1.95. The van der Waals surface area contributed by atoms with Gasteiger partial charge >= 0.3 is 5.97 Å². The smallest absolute Gasteiger partial charge is 0.352 e. The number of carboxylic acid groups (broad SMARTS) is 1. The number of aromatic nitrogens is 1. The van der Waals surface area contributed by atoms with Gasteiger partial charge in [-0.2, -0.15) is 0 Å². The molecule has 0 saturated heterocycles. The highest BCUT2D eigenvalue weighted by molar-refractivity contribution is 5.86. The first kappa shape index (κ1) is 22.1. The fraction of sp³-hybridized carbons (Fsp3) is 0.500. The van der Waals surface area contributed by atoms with Gasteiger partial charge in [0.1, 0.15) is 5.69 Å². The molecule has 6 heteroatoms. The van der Waals surface area contributed by atoms with E-state index in [9.17, 15) is 9.90 Å². The Hall–Kier alpha value is -2.15. The molecule has 0 bridgehead atoms. The van der Waals surface area contributed by atoms with Gasteiger partial charge in [-0.15, -0.1) is 0 Å². The van der Waals surface area contributed by atoms with Crippen molar-refractivity contribution in [3.63, 3.8) is 0 Å². The quantitative estimate of drug-likeness (QED) is 0.393. The number of hydrogen-bond donors (Lipinski definition) is 4. The summed E-state index contributed by atoms with van der Waals surface area (Å²) >= 11 is 0. The topological polar surface area (TPSA) is 92.3 Å². The predicted octanol–water partition coefficient (Wildman–Crippen LogP) is 3.85. The van der Waals surface area contributed by atoms with Crippen LogP contribution in [0.3, 0.4) is 0 Å². The lowest BCUT2D eigenvalue weighted by molar-refractivity contribution is 0.0688. The van der Waals surface area contributed by atoms with Crippen molar-refractivity contribution >= 4 is 5.97 Å². The maximum Gasteiger partial charge on any atom is 0.352 e. The fourth-order valence-electron chi connectivity index (χ4n) is 3.21. The number of benzene rings is 1. The van der Waals surface area contributed by atoms with Gasteiger partial charge in [-0.05, 0) is 42.7 Å². The Morgan fingerprint density at radius 3 is 2.43 bits per heavy atom. The average Bonchev–Trinajstić information content (AvgIpc) is 3.19. The van der Waals surface area contributed by atoms with Crippen LogP contribution in [0.25, 0.3) is 5.69 Å². The molecular weight excluding hydrogens is 352 g/mol. The Bertz CT molecular complexity index is 712.